The highest BCUT2D eigenvalue weighted by molar-refractivity contribution is 9.10. The first-order chi connectivity index (χ1) is 18.2. The number of rotatable bonds is 6. The monoisotopic (exact) mass is 618 g/mol. The number of hydrogen-bond acceptors (Lipinski definition) is 5. The predicted molar refractivity (Wildman–Crippen MR) is 152 cm³/mol. The van der Waals surface area contributed by atoms with E-state index in [0.29, 0.717) is 33.5 Å². The minimum absolute atomic E-state index is 0.0657. The van der Waals surface area contributed by atoms with Crippen LogP contribution in [0.4, 0.5) is 0 Å². The number of carbonyl (C=O) groups is 2. The van der Waals surface area contributed by atoms with Gasteiger partial charge < -0.3 is 19.7 Å². The summed E-state index contributed by atoms with van der Waals surface area (Å²) in [5.74, 6) is 0.304. The molecule has 0 aliphatic carbocycles. The Bertz CT molecular complexity index is 1290. The second-order valence-electron chi connectivity index (χ2n) is 7.55. The molecule has 9 heteroatoms. The number of carboxylic acids is 1. The van der Waals surface area contributed by atoms with Crippen molar-refractivity contribution in [3.8, 4) is 17.2 Å². The molecular weight excluding hydrogens is 595 g/mol. The third-order valence-corrected chi connectivity index (χ3v) is 5.98. The summed E-state index contributed by atoms with van der Waals surface area (Å²) >= 11 is 14.6. The first-order valence-corrected chi connectivity index (χ1v) is 12.7. The van der Waals surface area contributed by atoms with Crippen LogP contribution in [-0.4, -0.2) is 29.3 Å². The molecule has 0 aliphatic heterocycles. The van der Waals surface area contributed by atoms with E-state index >= 15 is 0 Å². The van der Waals surface area contributed by atoms with E-state index in [4.69, 9.17) is 38.2 Å². The summed E-state index contributed by atoms with van der Waals surface area (Å²) in [7, 11) is 1.39. The van der Waals surface area contributed by atoms with Crippen molar-refractivity contribution in [1.82, 2.24) is 0 Å². The Morgan fingerprint density at radius 1 is 0.763 bits per heavy atom. The number of para-hydroxylation sites is 1. The average molecular weight is 620 g/mol. The SMILES string of the molecule is COC(=O)Cc1ccccc1Br.O=C(O)Cc1ccccc1Oc1ccc(Cl)cc1.Oc1ccc(Cl)cc1. The number of phenolic OH excluding ortho intramolecular Hbond substituents is 1. The van der Waals surface area contributed by atoms with Crippen LogP contribution in [0, 0.1) is 0 Å². The zero-order valence-electron chi connectivity index (χ0n) is 20.3. The second-order valence-corrected chi connectivity index (χ2v) is 9.28. The number of aliphatic carboxylic acids is 1. The molecule has 0 bridgehead atoms. The fourth-order valence-electron chi connectivity index (χ4n) is 2.85. The van der Waals surface area contributed by atoms with Crippen molar-refractivity contribution in [3.05, 3.63) is 123 Å². The Hall–Kier alpha value is -3.52. The molecule has 4 aromatic carbocycles. The number of phenols is 1. The van der Waals surface area contributed by atoms with Crippen molar-refractivity contribution in [1.29, 1.82) is 0 Å². The van der Waals surface area contributed by atoms with Crippen LogP contribution >= 0.6 is 39.1 Å². The molecule has 2 N–H and O–H groups in total. The highest BCUT2D eigenvalue weighted by Gasteiger charge is 2.08. The van der Waals surface area contributed by atoms with Gasteiger partial charge in [-0.1, -0.05) is 75.5 Å². The highest BCUT2D eigenvalue weighted by atomic mass is 79.9. The number of ether oxygens (including phenoxy) is 2. The molecule has 0 aliphatic rings. The van der Waals surface area contributed by atoms with Gasteiger partial charge in [-0.15, -0.1) is 0 Å². The Kier molecular flexibility index (Phi) is 13.2. The molecule has 0 spiro atoms. The van der Waals surface area contributed by atoms with E-state index in [1.54, 1.807) is 72.8 Å². The quantitative estimate of drug-likeness (QED) is 0.213. The molecular formula is C29H25BrCl2O6. The van der Waals surface area contributed by atoms with Gasteiger partial charge in [-0.2, -0.15) is 0 Å². The van der Waals surface area contributed by atoms with Crippen LogP contribution < -0.4 is 4.74 Å². The van der Waals surface area contributed by atoms with Crippen LogP contribution in [0.2, 0.25) is 10.0 Å². The molecule has 0 unspecified atom stereocenters. The number of aromatic hydroxyl groups is 1. The maximum absolute atomic E-state index is 10.9. The normalized spacial score (nSPS) is 9.68. The summed E-state index contributed by atoms with van der Waals surface area (Å²) in [5.41, 5.74) is 1.59. The molecule has 0 radical (unpaired) electrons. The lowest BCUT2D eigenvalue weighted by molar-refractivity contribution is -0.140. The summed E-state index contributed by atoms with van der Waals surface area (Å²) in [6, 6.07) is 27.9. The smallest absolute Gasteiger partial charge is 0.310 e. The topological polar surface area (TPSA) is 93.1 Å². The highest BCUT2D eigenvalue weighted by Crippen LogP contribution is 2.26. The molecule has 0 amide bonds. The van der Waals surface area contributed by atoms with Gasteiger partial charge in [0.1, 0.15) is 17.2 Å². The van der Waals surface area contributed by atoms with E-state index in [2.05, 4.69) is 20.7 Å². The van der Waals surface area contributed by atoms with Crippen LogP contribution in [0.1, 0.15) is 11.1 Å². The van der Waals surface area contributed by atoms with E-state index in [1.165, 1.54) is 7.11 Å². The van der Waals surface area contributed by atoms with Crippen LogP contribution in [0.3, 0.4) is 0 Å². The summed E-state index contributed by atoms with van der Waals surface area (Å²) < 4.78 is 11.1. The van der Waals surface area contributed by atoms with Gasteiger partial charge in [0, 0.05) is 20.1 Å². The van der Waals surface area contributed by atoms with Crippen molar-refractivity contribution in [2.24, 2.45) is 0 Å². The maximum Gasteiger partial charge on any atom is 0.310 e. The lowest BCUT2D eigenvalue weighted by Crippen LogP contribution is -2.04. The van der Waals surface area contributed by atoms with Gasteiger partial charge in [0.25, 0.3) is 0 Å². The lowest BCUT2D eigenvalue weighted by atomic mass is 10.1. The van der Waals surface area contributed by atoms with Crippen molar-refractivity contribution < 1.29 is 29.3 Å². The standard InChI is InChI=1S/C14H11ClO3.C9H9BrO2.C6H5ClO/c15-11-5-7-12(8-6-11)18-13-4-2-1-3-10(13)9-14(16)17;1-12-9(11)6-7-4-2-3-5-8(7)10;7-5-1-3-6(8)4-2-5/h1-8H,9H2,(H,16,17);2-5H,6H2,1H3;1-4,8H. The maximum atomic E-state index is 10.9. The van der Waals surface area contributed by atoms with Crippen LogP contribution in [0.5, 0.6) is 17.2 Å². The van der Waals surface area contributed by atoms with Crippen molar-refractivity contribution in [2.75, 3.05) is 7.11 Å². The minimum atomic E-state index is -0.887. The van der Waals surface area contributed by atoms with Gasteiger partial charge in [0.15, 0.2) is 0 Å². The molecule has 0 atom stereocenters. The van der Waals surface area contributed by atoms with Gasteiger partial charge in [0.05, 0.1) is 20.0 Å². The van der Waals surface area contributed by atoms with E-state index < -0.39 is 5.97 Å². The second kappa shape index (κ2) is 16.3. The molecule has 38 heavy (non-hydrogen) atoms. The average Bonchev–Trinajstić information content (AvgIpc) is 2.90. The Morgan fingerprint density at radius 3 is 1.82 bits per heavy atom. The van der Waals surface area contributed by atoms with E-state index in [1.807, 2.05) is 24.3 Å². The van der Waals surface area contributed by atoms with Crippen LogP contribution in [-0.2, 0) is 27.2 Å². The summed E-state index contributed by atoms with van der Waals surface area (Å²) in [6.07, 6.45) is 0.252. The zero-order chi connectivity index (χ0) is 27.9. The third kappa shape index (κ3) is 11.7. The van der Waals surface area contributed by atoms with Gasteiger partial charge in [-0.3, -0.25) is 9.59 Å². The number of halogens is 3. The van der Waals surface area contributed by atoms with E-state index in [0.717, 1.165) is 10.0 Å². The molecule has 0 aromatic heterocycles. The summed E-state index contributed by atoms with van der Waals surface area (Å²) in [5, 5.41) is 18.8. The zero-order valence-corrected chi connectivity index (χ0v) is 23.4. The fourth-order valence-corrected chi connectivity index (χ4v) is 3.53. The molecule has 0 heterocycles. The molecule has 0 saturated heterocycles. The predicted octanol–water partition coefficient (Wildman–Crippen LogP) is 7.97. The van der Waals surface area contributed by atoms with Crippen molar-refractivity contribution >= 4 is 51.1 Å². The fraction of sp³-hybridized carbons (Fsp3) is 0.103. The number of benzene rings is 4. The number of esters is 1. The molecule has 0 saturated carbocycles. The van der Waals surface area contributed by atoms with Crippen molar-refractivity contribution in [3.63, 3.8) is 0 Å². The number of methoxy groups -OCH3 is 1. The molecule has 198 valence electrons. The molecule has 0 fully saturated rings. The number of hydrogen-bond donors (Lipinski definition) is 2. The van der Waals surface area contributed by atoms with Gasteiger partial charge >= 0.3 is 11.9 Å². The first-order valence-electron chi connectivity index (χ1n) is 11.2. The molecule has 6 nitrogen and oxygen atoms in total. The number of carbonyl (C=O) groups excluding carboxylic acids is 1. The Labute approximate surface area is 239 Å². The number of carboxylic acid groups (broad SMARTS) is 1. The van der Waals surface area contributed by atoms with E-state index in [9.17, 15) is 9.59 Å². The Morgan fingerprint density at radius 2 is 1.29 bits per heavy atom. The van der Waals surface area contributed by atoms with Crippen molar-refractivity contribution in [2.45, 2.75) is 12.8 Å². The first kappa shape index (κ1) is 30.7. The molecule has 4 rings (SSSR count). The van der Waals surface area contributed by atoms with Crippen LogP contribution in [0.25, 0.3) is 0 Å². The summed E-state index contributed by atoms with van der Waals surface area (Å²) in [4.78, 5) is 21.6. The minimum Gasteiger partial charge on any atom is -0.508 e. The molecule has 4 aromatic rings. The van der Waals surface area contributed by atoms with Gasteiger partial charge in [-0.25, -0.2) is 0 Å². The summed E-state index contributed by atoms with van der Waals surface area (Å²) in [6.45, 7) is 0. The van der Waals surface area contributed by atoms with Crippen LogP contribution in [0.15, 0.2) is 102 Å². The van der Waals surface area contributed by atoms with Gasteiger partial charge in [-0.05, 0) is 66.2 Å². The third-order valence-electron chi connectivity index (χ3n) is 4.70. The van der Waals surface area contributed by atoms with Gasteiger partial charge in [0.2, 0.25) is 0 Å². The largest absolute Gasteiger partial charge is 0.508 e. The Balaban J connectivity index is 0.000000218. The lowest BCUT2D eigenvalue weighted by Gasteiger charge is -2.09. The van der Waals surface area contributed by atoms with E-state index in [-0.39, 0.29) is 18.1 Å².